The molecular weight excluding hydrogens is 172 g/mol. The zero-order valence-electron chi connectivity index (χ0n) is 6.34. The number of rotatable bonds is 1. The van der Waals surface area contributed by atoms with Crippen molar-refractivity contribution in [3.8, 4) is 6.07 Å². The molecule has 0 aliphatic rings. The van der Waals surface area contributed by atoms with E-state index in [1.807, 2.05) is 0 Å². The van der Waals surface area contributed by atoms with E-state index in [0.29, 0.717) is 0 Å². The molecule has 0 unspecified atom stereocenters. The summed E-state index contributed by atoms with van der Waals surface area (Å²) in [6, 6.07) is 5.10. The average molecular weight is 175 g/mol. The molecule has 0 heterocycles. The van der Waals surface area contributed by atoms with Gasteiger partial charge in [-0.15, -0.1) is 0 Å². The van der Waals surface area contributed by atoms with E-state index >= 15 is 0 Å². The molecule has 0 aromatic heterocycles. The molecule has 6 nitrogen and oxygen atoms in total. The number of diazo groups is 1. The van der Waals surface area contributed by atoms with Gasteiger partial charge in [0, 0.05) is 18.2 Å². The maximum atomic E-state index is 10.3. The lowest BCUT2D eigenvalue weighted by Crippen LogP contribution is -1.88. The van der Waals surface area contributed by atoms with Crippen LogP contribution in [0.15, 0.2) is 18.2 Å². The number of non-ortho nitro benzene ring substituents is 1. The highest BCUT2D eigenvalue weighted by Crippen LogP contribution is 2.23. The van der Waals surface area contributed by atoms with Gasteiger partial charge in [-0.2, -0.15) is 5.26 Å². The molecule has 0 fully saturated rings. The van der Waals surface area contributed by atoms with Gasteiger partial charge >= 0.3 is 5.69 Å². The Hall–Kier alpha value is -2.47. The molecule has 0 atom stereocenters. The van der Waals surface area contributed by atoms with E-state index in [2.05, 4.69) is 4.98 Å². The van der Waals surface area contributed by atoms with Crippen LogP contribution in [0.5, 0.6) is 0 Å². The summed E-state index contributed by atoms with van der Waals surface area (Å²) in [4.78, 5) is 12.4. The minimum Gasteiger partial charge on any atom is -0.258 e. The minimum atomic E-state index is -0.623. The van der Waals surface area contributed by atoms with Crippen LogP contribution in [0.4, 0.5) is 11.4 Å². The van der Waals surface area contributed by atoms with Crippen molar-refractivity contribution >= 4 is 11.4 Å². The molecular formula is C7H3N4O2+. The van der Waals surface area contributed by atoms with Crippen LogP contribution in [0.25, 0.3) is 4.98 Å². The van der Waals surface area contributed by atoms with Crippen LogP contribution >= 0.6 is 0 Å². The van der Waals surface area contributed by atoms with Crippen LogP contribution in [-0.2, 0) is 0 Å². The topological polar surface area (TPSA) is 95.1 Å². The number of benzene rings is 1. The molecule has 0 amide bonds. The van der Waals surface area contributed by atoms with E-state index in [9.17, 15) is 10.1 Å². The van der Waals surface area contributed by atoms with E-state index < -0.39 is 4.92 Å². The number of hydrogen-bond acceptors (Lipinski definition) is 4. The van der Waals surface area contributed by atoms with Crippen LogP contribution in [-0.4, -0.2) is 4.92 Å². The van der Waals surface area contributed by atoms with Crippen molar-refractivity contribution in [1.82, 2.24) is 0 Å². The van der Waals surface area contributed by atoms with Gasteiger partial charge in [-0.25, -0.2) is 0 Å². The summed E-state index contributed by atoms with van der Waals surface area (Å²) in [5.41, 5.74) is -0.214. The summed E-state index contributed by atoms with van der Waals surface area (Å²) in [6.45, 7) is 0. The molecule has 0 radical (unpaired) electrons. The molecule has 1 aromatic carbocycles. The van der Waals surface area contributed by atoms with E-state index in [1.54, 1.807) is 6.07 Å². The Morgan fingerprint density at radius 2 is 2.23 bits per heavy atom. The fourth-order valence-corrected chi connectivity index (χ4v) is 0.814. The second kappa shape index (κ2) is 3.28. The third-order valence-electron chi connectivity index (χ3n) is 1.42. The van der Waals surface area contributed by atoms with Gasteiger partial charge < -0.3 is 0 Å². The van der Waals surface area contributed by atoms with Crippen molar-refractivity contribution in [3.63, 3.8) is 0 Å². The lowest BCUT2D eigenvalue weighted by atomic mass is 10.2. The summed E-state index contributed by atoms with van der Waals surface area (Å²) < 4.78 is 0. The lowest BCUT2D eigenvalue weighted by Gasteiger charge is -1.87. The SMILES string of the molecule is N#Cc1cc([N+](=O)[O-])ccc1[N+]#N. The number of nitriles is 1. The van der Waals surface area contributed by atoms with E-state index in [4.69, 9.17) is 10.7 Å². The van der Waals surface area contributed by atoms with Crippen LogP contribution < -0.4 is 0 Å². The molecule has 0 aliphatic heterocycles. The first kappa shape index (κ1) is 8.62. The fourth-order valence-electron chi connectivity index (χ4n) is 0.814. The molecule has 0 N–H and O–H groups in total. The highest BCUT2D eigenvalue weighted by atomic mass is 16.6. The van der Waals surface area contributed by atoms with Gasteiger partial charge in [0.2, 0.25) is 5.39 Å². The maximum Gasteiger partial charge on any atom is 0.403 e. The van der Waals surface area contributed by atoms with Crippen molar-refractivity contribution < 1.29 is 4.92 Å². The van der Waals surface area contributed by atoms with Crippen molar-refractivity contribution in [2.24, 2.45) is 0 Å². The fraction of sp³-hybridized carbons (Fsp3) is 0. The van der Waals surface area contributed by atoms with Crippen LogP contribution in [0.2, 0.25) is 0 Å². The third-order valence-corrected chi connectivity index (χ3v) is 1.42. The third kappa shape index (κ3) is 1.57. The van der Waals surface area contributed by atoms with Crippen molar-refractivity contribution in [3.05, 3.63) is 38.9 Å². The Morgan fingerprint density at radius 1 is 1.54 bits per heavy atom. The Balaban J connectivity index is 3.33. The summed E-state index contributed by atoms with van der Waals surface area (Å²) in [6.07, 6.45) is 0. The van der Waals surface area contributed by atoms with Crippen molar-refractivity contribution in [2.75, 3.05) is 0 Å². The number of nitro groups is 1. The van der Waals surface area contributed by atoms with Gasteiger partial charge in [-0.3, -0.25) is 10.1 Å². The zero-order valence-corrected chi connectivity index (χ0v) is 6.34. The second-order valence-electron chi connectivity index (χ2n) is 2.17. The van der Waals surface area contributed by atoms with Gasteiger partial charge in [-0.1, -0.05) is 0 Å². The van der Waals surface area contributed by atoms with E-state index in [0.717, 1.165) is 12.1 Å². The Kier molecular flexibility index (Phi) is 2.18. The van der Waals surface area contributed by atoms with Gasteiger partial charge in [0.15, 0.2) is 10.5 Å². The predicted octanol–water partition coefficient (Wildman–Crippen LogP) is 1.95. The highest BCUT2D eigenvalue weighted by Gasteiger charge is 2.17. The summed E-state index contributed by atoms with van der Waals surface area (Å²) in [7, 11) is 0. The van der Waals surface area contributed by atoms with Gasteiger partial charge in [0.25, 0.3) is 5.69 Å². The number of nitro benzene ring substituents is 1. The standard InChI is InChI=1S/C7H3N4O2/c8-4-5-3-6(11(12)13)1-2-7(5)10-9/h1-3H/q+1. The predicted molar refractivity (Wildman–Crippen MR) is 42.6 cm³/mol. The quantitative estimate of drug-likeness (QED) is 0.370. The van der Waals surface area contributed by atoms with Gasteiger partial charge in [0.1, 0.15) is 6.07 Å². The molecule has 6 heteroatoms. The first-order chi connectivity index (χ1) is 6.19. The first-order valence-electron chi connectivity index (χ1n) is 3.22. The maximum absolute atomic E-state index is 10.3. The van der Waals surface area contributed by atoms with Crippen LogP contribution in [0, 0.1) is 26.8 Å². The molecule has 0 saturated carbocycles. The van der Waals surface area contributed by atoms with Gasteiger partial charge in [-0.05, 0) is 0 Å². The molecule has 1 rings (SSSR count). The molecule has 0 saturated heterocycles. The largest absolute Gasteiger partial charge is 0.403 e. The van der Waals surface area contributed by atoms with E-state index in [-0.39, 0.29) is 16.9 Å². The molecule has 0 bridgehead atoms. The Morgan fingerprint density at radius 3 is 2.69 bits per heavy atom. The summed E-state index contributed by atoms with van der Waals surface area (Å²) in [5.74, 6) is 0. The lowest BCUT2D eigenvalue weighted by molar-refractivity contribution is -0.384. The molecule has 0 aliphatic carbocycles. The van der Waals surface area contributed by atoms with Crippen LogP contribution in [0.1, 0.15) is 5.56 Å². The minimum absolute atomic E-state index is 0.0214. The zero-order chi connectivity index (χ0) is 9.84. The van der Waals surface area contributed by atoms with E-state index in [1.165, 1.54) is 6.07 Å². The smallest absolute Gasteiger partial charge is 0.258 e. The first-order valence-corrected chi connectivity index (χ1v) is 3.22. The summed E-state index contributed by atoms with van der Waals surface area (Å²) >= 11 is 0. The Bertz CT molecular complexity index is 441. The number of hydrogen-bond donors (Lipinski definition) is 0. The normalized spacial score (nSPS) is 8.46. The second-order valence-corrected chi connectivity index (χ2v) is 2.17. The molecule has 0 spiro atoms. The van der Waals surface area contributed by atoms with Gasteiger partial charge in [0.05, 0.1) is 4.92 Å². The van der Waals surface area contributed by atoms with Crippen molar-refractivity contribution in [1.29, 1.82) is 10.7 Å². The summed E-state index contributed by atoms with van der Waals surface area (Å²) in [5, 5.41) is 27.2. The molecule has 13 heavy (non-hydrogen) atoms. The monoisotopic (exact) mass is 175 g/mol. The number of nitrogens with zero attached hydrogens (tertiary/aromatic N) is 4. The molecule has 62 valence electrons. The van der Waals surface area contributed by atoms with Crippen molar-refractivity contribution in [2.45, 2.75) is 0 Å². The molecule has 1 aromatic rings. The average Bonchev–Trinajstić information content (AvgIpc) is 2.16. The van der Waals surface area contributed by atoms with Crippen LogP contribution in [0.3, 0.4) is 0 Å². The Labute approximate surface area is 72.8 Å². The highest BCUT2D eigenvalue weighted by molar-refractivity contribution is 5.61.